The van der Waals surface area contributed by atoms with E-state index in [1.54, 1.807) is 0 Å². The van der Waals surface area contributed by atoms with Crippen LogP contribution in [0.1, 0.15) is 77.6 Å². The Bertz CT molecular complexity index is 317. The maximum absolute atomic E-state index is 12.2. The Labute approximate surface area is 128 Å². The molecule has 5 heteroatoms. The zero-order valence-electron chi connectivity index (χ0n) is 13.4. The van der Waals surface area contributed by atoms with E-state index in [4.69, 9.17) is 11.7 Å². The summed E-state index contributed by atoms with van der Waals surface area (Å²) >= 11 is 0. The number of nitrogens with two attached hydrogens (primary N) is 2. The molecule has 0 aliphatic heterocycles. The van der Waals surface area contributed by atoms with E-state index in [2.05, 4.69) is 12.3 Å². The molecule has 21 heavy (non-hydrogen) atoms. The van der Waals surface area contributed by atoms with E-state index < -0.39 is 0 Å². The minimum Gasteiger partial charge on any atom is -0.275 e. The van der Waals surface area contributed by atoms with Gasteiger partial charge in [0, 0.05) is 0 Å². The second-order valence-electron chi connectivity index (χ2n) is 6.83. The van der Waals surface area contributed by atoms with Crippen LogP contribution in [0.15, 0.2) is 0 Å². The number of carbonyl (C=O) groups excluding carboxylic acids is 1. The number of hydrazine groups is 2. The fourth-order valence-corrected chi connectivity index (χ4v) is 4.94. The van der Waals surface area contributed by atoms with Gasteiger partial charge in [0.25, 0.3) is 0 Å². The molecule has 0 spiro atoms. The van der Waals surface area contributed by atoms with Crippen LogP contribution in [0.25, 0.3) is 0 Å². The molecule has 0 atom stereocenters. The van der Waals surface area contributed by atoms with Crippen LogP contribution < -0.4 is 17.1 Å². The largest absolute Gasteiger partial charge is 0.346 e. The lowest BCUT2D eigenvalue weighted by atomic mass is 9.62. The molecular weight excluding hydrogens is 264 g/mol. The zero-order valence-corrected chi connectivity index (χ0v) is 13.4. The van der Waals surface area contributed by atoms with E-state index in [9.17, 15) is 4.79 Å². The lowest BCUT2D eigenvalue weighted by molar-refractivity contribution is -0.0238. The maximum Gasteiger partial charge on any atom is 0.346 e. The normalized spacial score (nSPS) is 22.0. The predicted octanol–water partition coefficient (Wildman–Crippen LogP) is 3.05. The molecule has 0 saturated heterocycles. The lowest BCUT2D eigenvalue weighted by Crippen LogP contribution is -2.66. The number of amides is 2. The summed E-state index contributed by atoms with van der Waals surface area (Å²) in [5, 5.41) is 1.47. The molecule has 5 nitrogen and oxygen atoms in total. The topological polar surface area (TPSA) is 84.4 Å². The molecule has 0 aromatic rings. The van der Waals surface area contributed by atoms with Crippen molar-refractivity contribution in [3.8, 4) is 0 Å². The molecule has 122 valence electrons. The van der Waals surface area contributed by atoms with E-state index in [0.717, 1.165) is 6.42 Å². The smallest absolute Gasteiger partial charge is 0.275 e. The van der Waals surface area contributed by atoms with Crippen molar-refractivity contribution in [2.24, 2.45) is 23.5 Å². The van der Waals surface area contributed by atoms with Crippen molar-refractivity contribution >= 4 is 6.03 Å². The second-order valence-corrected chi connectivity index (χ2v) is 6.83. The third-order valence-corrected chi connectivity index (χ3v) is 5.98. The van der Waals surface area contributed by atoms with E-state index in [0.29, 0.717) is 11.8 Å². The molecule has 2 aliphatic rings. The van der Waals surface area contributed by atoms with Crippen LogP contribution in [0, 0.1) is 11.8 Å². The van der Waals surface area contributed by atoms with Crippen LogP contribution in [-0.4, -0.2) is 16.6 Å². The van der Waals surface area contributed by atoms with Crippen molar-refractivity contribution in [3.05, 3.63) is 0 Å². The fraction of sp³-hybridized carbons (Fsp3) is 0.938. The first-order chi connectivity index (χ1) is 10.2. The SMILES string of the molecule is CCC(C1CCCCC1)(C1CCCCC1)N(N)C(=O)NN. The van der Waals surface area contributed by atoms with Crippen LogP contribution in [0.3, 0.4) is 0 Å². The van der Waals surface area contributed by atoms with Gasteiger partial charge in [-0.25, -0.2) is 16.5 Å². The highest BCUT2D eigenvalue weighted by Gasteiger charge is 2.49. The van der Waals surface area contributed by atoms with Gasteiger partial charge in [0.1, 0.15) is 0 Å². The van der Waals surface area contributed by atoms with Crippen molar-refractivity contribution in [1.82, 2.24) is 10.4 Å². The average Bonchev–Trinajstić information content (AvgIpc) is 2.57. The summed E-state index contributed by atoms with van der Waals surface area (Å²) in [6.45, 7) is 2.19. The molecule has 2 aliphatic carbocycles. The van der Waals surface area contributed by atoms with Gasteiger partial charge in [0.15, 0.2) is 0 Å². The minimum absolute atomic E-state index is 0.218. The van der Waals surface area contributed by atoms with Crippen LogP contribution in [0.5, 0.6) is 0 Å². The predicted molar refractivity (Wildman–Crippen MR) is 84.9 cm³/mol. The number of urea groups is 1. The monoisotopic (exact) mass is 296 g/mol. The van der Waals surface area contributed by atoms with Crippen molar-refractivity contribution in [3.63, 3.8) is 0 Å². The molecule has 0 radical (unpaired) electrons. The number of carbonyl (C=O) groups is 1. The molecule has 0 unspecified atom stereocenters. The van der Waals surface area contributed by atoms with Gasteiger partial charge in [-0.05, 0) is 43.9 Å². The summed E-state index contributed by atoms with van der Waals surface area (Å²) in [6, 6.07) is -0.340. The summed E-state index contributed by atoms with van der Waals surface area (Å²) < 4.78 is 0. The van der Waals surface area contributed by atoms with Crippen LogP contribution in [-0.2, 0) is 0 Å². The number of nitrogens with zero attached hydrogens (tertiary/aromatic N) is 1. The third kappa shape index (κ3) is 3.19. The van der Waals surface area contributed by atoms with E-state index in [-0.39, 0.29) is 11.6 Å². The number of nitrogens with one attached hydrogen (secondary N) is 1. The summed E-state index contributed by atoms with van der Waals surface area (Å²) in [7, 11) is 0. The van der Waals surface area contributed by atoms with Crippen LogP contribution in [0.2, 0.25) is 0 Å². The Morgan fingerprint density at radius 1 is 1.05 bits per heavy atom. The van der Waals surface area contributed by atoms with Gasteiger partial charge in [-0.2, -0.15) is 0 Å². The van der Waals surface area contributed by atoms with Crippen molar-refractivity contribution < 1.29 is 4.79 Å². The molecule has 2 amide bonds. The molecule has 2 saturated carbocycles. The molecule has 5 N–H and O–H groups in total. The fourth-order valence-electron chi connectivity index (χ4n) is 4.94. The van der Waals surface area contributed by atoms with E-state index >= 15 is 0 Å². The Morgan fingerprint density at radius 2 is 1.48 bits per heavy atom. The lowest BCUT2D eigenvalue weighted by Gasteiger charge is -2.53. The van der Waals surface area contributed by atoms with Crippen LogP contribution >= 0.6 is 0 Å². The standard InChI is InChI=1S/C16H32N4O/c1-2-16(20(18)15(21)19-17,13-9-5-3-6-10-13)14-11-7-4-8-12-14/h13-14H,2-12,17-18H2,1H3,(H,19,21). The number of hydrogen-bond donors (Lipinski definition) is 3. The van der Waals surface area contributed by atoms with Gasteiger partial charge >= 0.3 is 6.03 Å². The Balaban J connectivity index is 2.30. The van der Waals surface area contributed by atoms with Crippen LogP contribution in [0.4, 0.5) is 4.79 Å². The van der Waals surface area contributed by atoms with Crippen molar-refractivity contribution in [2.75, 3.05) is 0 Å². The molecule has 0 aromatic carbocycles. The molecular formula is C16H32N4O. The minimum atomic E-state index is -0.340. The summed E-state index contributed by atoms with van der Waals surface area (Å²) in [6.07, 6.45) is 13.4. The Hall–Kier alpha value is -0.810. The van der Waals surface area contributed by atoms with Gasteiger partial charge in [0.05, 0.1) is 5.54 Å². The first-order valence-electron chi connectivity index (χ1n) is 8.72. The summed E-state index contributed by atoms with van der Waals surface area (Å²) in [5.41, 5.74) is 2.03. The highest BCUT2D eigenvalue weighted by atomic mass is 16.2. The van der Waals surface area contributed by atoms with Crippen molar-refractivity contribution in [2.45, 2.75) is 83.1 Å². The quantitative estimate of drug-likeness (QED) is 0.423. The molecule has 0 bridgehead atoms. The average molecular weight is 296 g/mol. The molecule has 2 fully saturated rings. The number of rotatable bonds is 4. The highest BCUT2D eigenvalue weighted by Crippen LogP contribution is 2.47. The zero-order chi connectivity index (χ0) is 15.3. The summed E-state index contributed by atoms with van der Waals surface area (Å²) in [4.78, 5) is 12.2. The summed E-state index contributed by atoms with van der Waals surface area (Å²) in [5.74, 6) is 12.7. The van der Waals surface area contributed by atoms with E-state index in [1.165, 1.54) is 69.2 Å². The Kier molecular flexibility index (Phi) is 5.88. The van der Waals surface area contributed by atoms with Gasteiger partial charge in [0.2, 0.25) is 0 Å². The molecule has 0 heterocycles. The molecule has 0 aromatic heterocycles. The Morgan fingerprint density at radius 3 is 1.81 bits per heavy atom. The maximum atomic E-state index is 12.2. The molecule has 2 rings (SSSR count). The second kappa shape index (κ2) is 7.45. The van der Waals surface area contributed by atoms with Gasteiger partial charge < -0.3 is 0 Å². The first kappa shape index (κ1) is 16.6. The van der Waals surface area contributed by atoms with E-state index in [1.807, 2.05) is 0 Å². The first-order valence-corrected chi connectivity index (χ1v) is 8.72. The van der Waals surface area contributed by atoms with Gasteiger partial charge in [-0.1, -0.05) is 45.4 Å². The highest BCUT2D eigenvalue weighted by molar-refractivity contribution is 5.73. The van der Waals surface area contributed by atoms with Gasteiger partial charge in [-0.15, -0.1) is 0 Å². The third-order valence-electron chi connectivity index (χ3n) is 5.98. The number of hydrogen-bond acceptors (Lipinski definition) is 3. The van der Waals surface area contributed by atoms with Gasteiger partial charge in [-0.3, -0.25) is 10.4 Å². The van der Waals surface area contributed by atoms with Crippen molar-refractivity contribution in [1.29, 1.82) is 0 Å².